The van der Waals surface area contributed by atoms with E-state index in [9.17, 15) is 4.79 Å². The first kappa shape index (κ1) is 15.2. The molecule has 0 radical (unpaired) electrons. The predicted octanol–water partition coefficient (Wildman–Crippen LogP) is 2.96. The number of hydrogen-bond acceptors (Lipinski definition) is 4. The molecule has 21 heavy (non-hydrogen) atoms. The molecule has 0 saturated heterocycles. The standard InChI is InChI=1S/C16H21N3O2/c1-4-21-16(20)15-18-17-13(3)19(15)11-10-12(2)14-8-6-5-7-9-14/h5-9,12H,4,10-11H2,1-3H3. The summed E-state index contributed by atoms with van der Waals surface area (Å²) in [5.74, 6) is 1.02. The molecule has 0 N–H and O–H groups in total. The van der Waals surface area contributed by atoms with Crippen LogP contribution in [0, 0.1) is 6.92 Å². The molecule has 0 aliphatic rings. The lowest BCUT2D eigenvalue weighted by Gasteiger charge is -2.13. The number of nitrogens with zero attached hydrogens (tertiary/aromatic N) is 3. The van der Waals surface area contributed by atoms with Gasteiger partial charge in [0, 0.05) is 6.54 Å². The van der Waals surface area contributed by atoms with Crippen LogP contribution in [0.4, 0.5) is 0 Å². The Morgan fingerprint density at radius 2 is 2.00 bits per heavy atom. The van der Waals surface area contributed by atoms with Crippen LogP contribution < -0.4 is 0 Å². The van der Waals surface area contributed by atoms with Crippen molar-refractivity contribution < 1.29 is 9.53 Å². The molecule has 2 aromatic rings. The Morgan fingerprint density at radius 1 is 1.29 bits per heavy atom. The van der Waals surface area contributed by atoms with Crippen molar-refractivity contribution in [3.63, 3.8) is 0 Å². The van der Waals surface area contributed by atoms with Gasteiger partial charge in [-0.2, -0.15) is 0 Å². The molecule has 0 amide bonds. The Labute approximate surface area is 125 Å². The maximum atomic E-state index is 11.8. The van der Waals surface area contributed by atoms with Crippen LogP contribution in [-0.2, 0) is 11.3 Å². The summed E-state index contributed by atoms with van der Waals surface area (Å²) in [5.41, 5.74) is 1.29. The molecule has 112 valence electrons. The molecule has 0 aliphatic carbocycles. The van der Waals surface area contributed by atoms with Gasteiger partial charge in [0.25, 0.3) is 0 Å². The van der Waals surface area contributed by atoms with Crippen molar-refractivity contribution in [2.75, 3.05) is 6.61 Å². The monoisotopic (exact) mass is 287 g/mol. The zero-order chi connectivity index (χ0) is 15.2. The van der Waals surface area contributed by atoms with Gasteiger partial charge in [-0.05, 0) is 31.7 Å². The van der Waals surface area contributed by atoms with Crippen LogP contribution in [0.15, 0.2) is 30.3 Å². The Morgan fingerprint density at radius 3 is 2.67 bits per heavy atom. The highest BCUT2D eigenvalue weighted by atomic mass is 16.5. The van der Waals surface area contributed by atoms with Crippen LogP contribution in [0.3, 0.4) is 0 Å². The second-order valence-corrected chi connectivity index (χ2v) is 5.04. The molecule has 1 unspecified atom stereocenters. The van der Waals surface area contributed by atoms with E-state index in [0.717, 1.165) is 12.2 Å². The smallest absolute Gasteiger partial charge is 0.376 e. The quantitative estimate of drug-likeness (QED) is 0.766. The minimum atomic E-state index is -0.412. The molecule has 0 fully saturated rings. The third kappa shape index (κ3) is 3.68. The lowest BCUT2D eigenvalue weighted by atomic mass is 9.98. The number of hydrogen-bond donors (Lipinski definition) is 0. The molecular weight excluding hydrogens is 266 g/mol. The fraction of sp³-hybridized carbons (Fsp3) is 0.438. The summed E-state index contributed by atoms with van der Waals surface area (Å²) in [6, 6.07) is 10.3. The molecule has 2 rings (SSSR count). The molecule has 0 bridgehead atoms. The zero-order valence-corrected chi connectivity index (χ0v) is 12.7. The van der Waals surface area contributed by atoms with Crippen molar-refractivity contribution in [3.05, 3.63) is 47.5 Å². The fourth-order valence-electron chi connectivity index (χ4n) is 2.27. The van der Waals surface area contributed by atoms with Crippen LogP contribution in [0.1, 0.15) is 48.2 Å². The SMILES string of the molecule is CCOC(=O)c1nnc(C)n1CCC(C)c1ccccc1. The van der Waals surface area contributed by atoms with E-state index >= 15 is 0 Å². The highest BCUT2D eigenvalue weighted by molar-refractivity contribution is 5.85. The van der Waals surface area contributed by atoms with Crippen LogP contribution in [0.5, 0.6) is 0 Å². The van der Waals surface area contributed by atoms with E-state index in [1.165, 1.54) is 5.56 Å². The molecule has 5 heteroatoms. The van der Waals surface area contributed by atoms with Gasteiger partial charge in [0.1, 0.15) is 5.82 Å². The summed E-state index contributed by atoms with van der Waals surface area (Å²) in [6.07, 6.45) is 0.912. The summed E-state index contributed by atoms with van der Waals surface area (Å²) >= 11 is 0. The topological polar surface area (TPSA) is 57.0 Å². The van der Waals surface area contributed by atoms with Gasteiger partial charge in [-0.25, -0.2) is 4.79 Å². The molecule has 0 saturated carbocycles. The predicted molar refractivity (Wildman–Crippen MR) is 80.2 cm³/mol. The number of esters is 1. The van der Waals surface area contributed by atoms with E-state index in [-0.39, 0.29) is 5.82 Å². The van der Waals surface area contributed by atoms with Gasteiger partial charge in [0.2, 0.25) is 5.82 Å². The summed E-state index contributed by atoms with van der Waals surface area (Å²) in [4.78, 5) is 11.8. The normalized spacial score (nSPS) is 12.1. The van der Waals surface area contributed by atoms with Crippen LogP contribution >= 0.6 is 0 Å². The third-order valence-electron chi connectivity index (χ3n) is 3.55. The average Bonchev–Trinajstić information content (AvgIpc) is 2.87. The third-order valence-corrected chi connectivity index (χ3v) is 3.55. The second-order valence-electron chi connectivity index (χ2n) is 5.04. The summed E-state index contributed by atoms with van der Waals surface area (Å²) in [5, 5.41) is 7.91. The Bertz CT molecular complexity index is 593. The molecule has 1 aromatic heterocycles. The summed E-state index contributed by atoms with van der Waals surface area (Å²) in [6.45, 7) is 6.85. The van der Waals surface area contributed by atoms with E-state index in [0.29, 0.717) is 19.1 Å². The number of ether oxygens (including phenoxy) is 1. The van der Waals surface area contributed by atoms with Gasteiger partial charge in [-0.15, -0.1) is 10.2 Å². The van der Waals surface area contributed by atoms with Crippen molar-refractivity contribution in [2.24, 2.45) is 0 Å². The minimum absolute atomic E-state index is 0.287. The second kappa shape index (κ2) is 7.02. The molecule has 0 aliphatic heterocycles. The minimum Gasteiger partial charge on any atom is -0.460 e. The Balaban J connectivity index is 2.06. The fourth-order valence-corrected chi connectivity index (χ4v) is 2.27. The number of aryl methyl sites for hydroxylation is 1. The Hall–Kier alpha value is -2.17. The Kier molecular flexibility index (Phi) is 5.09. The molecule has 5 nitrogen and oxygen atoms in total. The number of aromatic nitrogens is 3. The first-order chi connectivity index (χ1) is 10.1. The van der Waals surface area contributed by atoms with Gasteiger partial charge in [-0.3, -0.25) is 0 Å². The van der Waals surface area contributed by atoms with E-state index in [4.69, 9.17) is 4.74 Å². The van der Waals surface area contributed by atoms with Gasteiger partial charge in [-0.1, -0.05) is 37.3 Å². The van der Waals surface area contributed by atoms with Crippen molar-refractivity contribution in [1.29, 1.82) is 0 Å². The van der Waals surface area contributed by atoms with Gasteiger partial charge in [0.05, 0.1) is 6.61 Å². The van der Waals surface area contributed by atoms with Crippen molar-refractivity contribution >= 4 is 5.97 Å². The molecule has 1 aromatic carbocycles. The van der Waals surface area contributed by atoms with Crippen LogP contribution in [0.25, 0.3) is 0 Å². The average molecular weight is 287 g/mol. The van der Waals surface area contributed by atoms with E-state index < -0.39 is 5.97 Å². The molecule has 0 spiro atoms. The maximum absolute atomic E-state index is 11.8. The van der Waals surface area contributed by atoms with E-state index in [1.807, 2.05) is 29.7 Å². The largest absolute Gasteiger partial charge is 0.460 e. The first-order valence-corrected chi connectivity index (χ1v) is 7.25. The maximum Gasteiger partial charge on any atom is 0.376 e. The highest BCUT2D eigenvalue weighted by Gasteiger charge is 2.18. The summed E-state index contributed by atoms with van der Waals surface area (Å²) in [7, 11) is 0. The van der Waals surface area contributed by atoms with Crippen molar-refractivity contribution in [2.45, 2.75) is 39.7 Å². The van der Waals surface area contributed by atoms with Gasteiger partial charge < -0.3 is 9.30 Å². The van der Waals surface area contributed by atoms with Crippen LogP contribution in [-0.4, -0.2) is 27.3 Å². The van der Waals surface area contributed by atoms with E-state index in [2.05, 4.69) is 29.3 Å². The number of rotatable bonds is 6. The molecule has 1 heterocycles. The number of carbonyl (C=O) groups excluding carboxylic acids is 1. The van der Waals surface area contributed by atoms with Gasteiger partial charge >= 0.3 is 5.97 Å². The first-order valence-electron chi connectivity index (χ1n) is 7.25. The van der Waals surface area contributed by atoms with E-state index in [1.54, 1.807) is 6.92 Å². The molecular formula is C16H21N3O2. The van der Waals surface area contributed by atoms with Crippen LogP contribution in [0.2, 0.25) is 0 Å². The van der Waals surface area contributed by atoms with Crippen molar-refractivity contribution in [3.8, 4) is 0 Å². The number of carbonyl (C=O) groups is 1. The lowest BCUT2D eigenvalue weighted by Crippen LogP contribution is -2.15. The van der Waals surface area contributed by atoms with Crippen molar-refractivity contribution in [1.82, 2.24) is 14.8 Å². The highest BCUT2D eigenvalue weighted by Crippen LogP contribution is 2.20. The summed E-state index contributed by atoms with van der Waals surface area (Å²) < 4.78 is 6.84. The lowest BCUT2D eigenvalue weighted by molar-refractivity contribution is 0.0505. The zero-order valence-electron chi connectivity index (χ0n) is 12.7. The van der Waals surface area contributed by atoms with Gasteiger partial charge in [0.15, 0.2) is 0 Å². The number of benzene rings is 1. The molecule has 1 atom stereocenters.